The summed E-state index contributed by atoms with van der Waals surface area (Å²) in [5.74, 6) is 0. The Morgan fingerprint density at radius 3 is 2.84 bits per heavy atom. The Labute approximate surface area is 127 Å². The van der Waals surface area contributed by atoms with E-state index in [1.54, 1.807) is 0 Å². The lowest BCUT2D eigenvalue weighted by Crippen LogP contribution is -2.17. The first kappa shape index (κ1) is 12.8. The van der Waals surface area contributed by atoms with E-state index in [9.17, 15) is 0 Å². The fourth-order valence-corrected chi connectivity index (χ4v) is 3.27. The molecule has 2 nitrogen and oxygen atoms in total. The number of aryl methyl sites for hydroxylation is 1. The number of rotatable bonds is 2. The first-order valence-corrected chi connectivity index (χ1v) is 7.71. The predicted molar refractivity (Wildman–Crippen MR) is 89.3 cm³/mol. The van der Waals surface area contributed by atoms with Crippen molar-refractivity contribution >= 4 is 34.0 Å². The molecular formula is C16H17IN2. The number of nitrogen functional groups attached to an aromatic ring is 1. The average molecular weight is 364 g/mol. The van der Waals surface area contributed by atoms with E-state index in [0.717, 1.165) is 11.4 Å². The lowest BCUT2D eigenvalue weighted by atomic mass is 9.87. The van der Waals surface area contributed by atoms with Crippen molar-refractivity contribution in [3.63, 3.8) is 0 Å². The number of benzene rings is 2. The maximum Gasteiger partial charge on any atom is 0.0579 e. The Kier molecular flexibility index (Phi) is 3.64. The lowest BCUT2D eigenvalue weighted by molar-refractivity contribution is 0.600. The molecule has 0 amide bonds. The van der Waals surface area contributed by atoms with Gasteiger partial charge in [0, 0.05) is 3.57 Å². The van der Waals surface area contributed by atoms with Crippen molar-refractivity contribution in [3.05, 3.63) is 57.2 Å². The Morgan fingerprint density at radius 2 is 2.00 bits per heavy atom. The van der Waals surface area contributed by atoms with Crippen LogP contribution in [0.2, 0.25) is 0 Å². The number of hydrogen-bond acceptors (Lipinski definition) is 2. The van der Waals surface area contributed by atoms with Crippen molar-refractivity contribution < 1.29 is 0 Å². The molecule has 0 bridgehead atoms. The first-order valence-electron chi connectivity index (χ1n) is 6.63. The molecule has 1 aliphatic rings. The molecule has 0 heterocycles. The van der Waals surface area contributed by atoms with Gasteiger partial charge in [-0.2, -0.15) is 0 Å². The minimum Gasteiger partial charge on any atom is -0.397 e. The van der Waals surface area contributed by atoms with Gasteiger partial charge in [-0.05, 0) is 71.2 Å². The Bertz CT molecular complexity index is 595. The maximum atomic E-state index is 6.09. The van der Waals surface area contributed by atoms with Gasteiger partial charge in [-0.1, -0.05) is 24.3 Å². The van der Waals surface area contributed by atoms with Crippen LogP contribution < -0.4 is 11.1 Å². The first-order chi connectivity index (χ1) is 9.24. The molecule has 0 fully saturated rings. The highest BCUT2D eigenvalue weighted by Gasteiger charge is 2.19. The number of anilines is 2. The second-order valence-corrected chi connectivity index (χ2v) is 6.27. The van der Waals surface area contributed by atoms with Crippen LogP contribution in [0.5, 0.6) is 0 Å². The normalized spacial score (nSPS) is 17.8. The van der Waals surface area contributed by atoms with Gasteiger partial charge in [0.05, 0.1) is 17.4 Å². The number of nitrogens with one attached hydrogen (secondary N) is 1. The summed E-state index contributed by atoms with van der Waals surface area (Å²) in [4.78, 5) is 0. The number of fused-ring (bicyclic) bond motifs is 1. The largest absolute Gasteiger partial charge is 0.397 e. The second-order valence-electron chi connectivity index (χ2n) is 5.02. The summed E-state index contributed by atoms with van der Waals surface area (Å²) in [6, 6.07) is 15.3. The minimum absolute atomic E-state index is 0.382. The van der Waals surface area contributed by atoms with Crippen molar-refractivity contribution in [2.24, 2.45) is 0 Å². The van der Waals surface area contributed by atoms with Crippen LogP contribution in [0.4, 0.5) is 11.4 Å². The van der Waals surface area contributed by atoms with Crippen LogP contribution in [0.25, 0.3) is 0 Å². The van der Waals surface area contributed by atoms with Crippen LogP contribution >= 0.6 is 22.6 Å². The quantitative estimate of drug-likeness (QED) is 0.614. The molecule has 3 N–H and O–H groups in total. The Balaban J connectivity index is 1.88. The van der Waals surface area contributed by atoms with Gasteiger partial charge < -0.3 is 11.1 Å². The molecule has 98 valence electrons. The van der Waals surface area contributed by atoms with Crippen molar-refractivity contribution in [3.8, 4) is 0 Å². The van der Waals surface area contributed by atoms with Gasteiger partial charge in [-0.25, -0.2) is 0 Å². The number of hydrogen-bond donors (Lipinski definition) is 2. The molecule has 0 saturated heterocycles. The second kappa shape index (κ2) is 5.41. The molecule has 0 aliphatic heterocycles. The Hall–Kier alpha value is -1.23. The van der Waals surface area contributed by atoms with Crippen LogP contribution in [0.3, 0.4) is 0 Å². The molecule has 1 aliphatic carbocycles. The molecule has 3 heteroatoms. The molecule has 2 aromatic rings. The highest BCUT2D eigenvalue weighted by molar-refractivity contribution is 14.1. The summed E-state index contributed by atoms with van der Waals surface area (Å²) in [5, 5.41) is 3.60. The standard InChI is InChI=1S/C16H17IN2/c17-12-8-9-16(14(18)10-12)19-15-7-3-5-11-4-1-2-6-13(11)15/h1-2,4,6,8-10,15,19H,3,5,7,18H2. The monoisotopic (exact) mass is 364 g/mol. The third-order valence-corrected chi connectivity index (χ3v) is 4.38. The van der Waals surface area contributed by atoms with Crippen LogP contribution in [0.1, 0.15) is 30.0 Å². The smallest absolute Gasteiger partial charge is 0.0579 e. The Morgan fingerprint density at radius 1 is 1.16 bits per heavy atom. The van der Waals surface area contributed by atoms with E-state index in [1.165, 1.54) is 34.0 Å². The summed E-state index contributed by atoms with van der Waals surface area (Å²) in [6.45, 7) is 0. The molecule has 1 atom stereocenters. The lowest BCUT2D eigenvalue weighted by Gasteiger charge is -2.27. The van der Waals surface area contributed by atoms with Gasteiger partial charge in [-0.15, -0.1) is 0 Å². The number of nitrogens with two attached hydrogens (primary N) is 1. The molecule has 19 heavy (non-hydrogen) atoms. The van der Waals surface area contributed by atoms with E-state index >= 15 is 0 Å². The summed E-state index contributed by atoms with van der Waals surface area (Å²) >= 11 is 2.29. The van der Waals surface area contributed by atoms with Gasteiger partial charge in [-0.3, -0.25) is 0 Å². The van der Waals surface area contributed by atoms with E-state index < -0.39 is 0 Å². The van der Waals surface area contributed by atoms with Crippen molar-refractivity contribution in [2.45, 2.75) is 25.3 Å². The third kappa shape index (κ3) is 2.71. The fourth-order valence-electron chi connectivity index (χ4n) is 2.76. The van der Waals surface area contributed by atoms with E-state index in [-0.39, 0.29) is 0 Å². The molecular weight excluding hydrogens is 347 g/mol. The van der Waals surface area contributed by atoms with Crippen molar-refractivity contribution in [1.82, 2.24) is 0 Å². The minimum atomic E-state index is 0.382. The fraction of sp³-hybridized carbons (Fsp3) is 0.250. The molecule has 0 spiro atoms. The molecule has 1 unspecified atom stereocenters. The zero-order valence-electron chi connectivity index (χ0n) is 10.7. The van der Waals surface area contributed by atoms with Gasteiger partial charge in [0.25, 0.3) is 0 Å². The van der Waals surface area contributed by atoms with E-state index in [2.05, 4.69) is 64.3 Å². The third-order valence-electron chi connectivity index (χ3n) is 3.71. The van der Waals surface area contributed by atoms with Gasteiger partial charge in [0.2, 0.25) is 0 Å². The van der Waals surface area contributed by atoms with Crippen LogP contribution in [0.15, 0.2) is 42.5 Å². The molecule has 0 radical (unpaired) electrons. The van der Waals surface area contributed by atoms with Crippen LogP contribution in [-0.2, 0) is 6.42 Å². The molecule has 3 rings (SSSR count). The zero-order valence-corrected chi connectivity index (χ0v) is 12.9. The van der Waals surface area contributed by atoms with Gasteiger partial charge in [0.15, 0.2) is 0 Å². The zero-order chi connectivity index (χ0) is 13.2. The van der Waals surface area contributed by atoms with E-state index in [0.29, 0.717) is 6.04 Å². The summed E-state index contributed by atoms with van der Waals surface area (Å²) in [6.07, 6.45) is 3.60. The predicted octanol–water partition coefficient (Wildman–Crippen LogP) is 4.36. The van der Waals surface area contributed by atoms with Crippen molar-refractivity contribution in [2.75, 3.05) is 11.1 Å². The van der Waals surface area contributed by atoms with E-state index in [4.69, 9.17) is 5.73 Å². The highest BCUT2D eigenvalue weighted by Crippen LogP contribution is 2.34. The summed E-state index contributed by atoms with van der Waals surface area (Å²) in [7, 11) is 0. The SMILES string of the molecule is Nc1cc(I)ccc1NC1CCCc2ccccc21. The topological polar surface area (TPSA) is 38.0 Å². The summed E-state index contributed by atoms with van der Waals surface area (Å²) in [5.41, 5.74) is 10.9. The molecule has 0 saturated carbocycles. The molecule has 0 aromatic heterocycles. The van der Waals surface area contributed by atoms with Crippen molar-refractivity contribution in [1.29, 1.82) is 0 Å². The summed E-state index contributed by atoms with van der Waals surface area (Å²) < 4.78 is 1.17. The van der Waals surface area contributed by atoms with Gasteiger partial charge >= 0.3 is 0 Å². The van der Waals surface area contributed by atoms with E-state index in [1.807, 2.05) is 6.07 Å². The highest BCUT2D eigenvalue weighted by atomic mass is 127. The van der Waals surface area contributed by atoms with Gasteiger partial charge in [0.1, 0.15) is 0 Å². The van der Waals surface area contributed by atoms with Crippen LogP contribution in [-0.4, -0.2) is 0 Å². The number of halogens is 1. The van der Waals surface area contributed by atoms with Crippen LogP contribution in [0, 0.1) is 3.57 Å². The maximum absolute atomic E-state index is 6.09. The average Bonchev–Trinajstić information content (AvgIpc) is 2.42. The molecule has 2 aromatic carbocycles.